The average Bonchev–Trinajstić information content (AvgIpc) is 3.40. The number of hydrogen-bond donors (Lipinski definition) is 1. The Morgan fingerprint density at radius 3 is 2.19 bits per heavy atom. The molecule has 6 rings (SSSR count). The van der Waals surface area contributed by atoms with Crippen LogP contribution < -0.4 is 26.2 Å². The predicted octanol–water partition coefficient (Wildman–Crippen LogP) is 4.10. The zero-order valence-electron chi connectivity index (χ0n) is 24.4. The third-order valence-corrected chi connectivity index (χ3v) is 8.08. The van der Waals surface area contributed by atoms with Crippen molar-refractivity contribution in [1.29, 1.82) is 0 Å². The Balaban J connectivity index is 1.18. The van der Waals surface area contributed by atoms with Gasteiger partial charge in [0.2, 0.25) is 5.95 Å². The summed E-state index contributed by atoms with van der Waals surface area (Å²) in [5.41, 5.74) is 3.14. The molecular formula is C32H33N7O3S. The van der Waals surface area contributed by atoms with Crippen LogP contribution in [-0.4, -0.2) is 54.9 Å². The van der Waals surface area contributed by atoms with Gasteiger partial charge >= 0.3 is 5.69 Å². The van der Waals surface area contributed by atoms with Crippen LogP contribution in [0.3, 0.4) is 0 Å². The van der Waals surface area contributed by atoms with E-state index in [2.05, 4.69) is 39.4 Å². The molecule has 0 amide bonds. The first-order chi connectivity index (χ1) is 20.8. The van der Waals surface area contributed by atoms with Crippen LogP contribution in [0.5, 0.6) is 11.5 Å². The summed E-state index contributed by atoms with van der Waals surface area (Å²) in [6, 6.07) is 25.6. The number of fused-ring (bicyclic) bond motifs is 1. The van der Waals surface area contributed by atoms with Gasteiger partial charge in [0.1, 0.15) is 11.5 Å². The van der Waals surface area contributed by atoms with Crippen molar-refractivity contribution in [3.8, 4) is 11.5 Å². The summed E-state index contributed by atoms with van der Waals surface area (Å²) in [5, 5.41) is 3.97. The summed E-state index contributed by atoms with van der Waals surface area (Å²) in [5.74, 6) is 2.20. The number of nitrogens with one attached hydrogen (secondary N) is 1. The standard InChI is InChI=1S/C32H33N7O3S/c1-22-9-11-23(12-10-22)21-39-27-28(35(2)32(41)36(3)29(27)40)34-30(39)37-17-19-38(20-18-37)31(43)33-24-13-15-26(16-14-24)42-25-7-5-4-6-8-25/h4-16H,17-21H2,1-3H3,(H,33,43). The molecule has 220 valence electrons. The van der Waals surface area contributed by atoms with Crippen LogP contribution in [-0.2, 0) is 20.6 Å². The lowest BCUT2D eigenvalue weighted by Gasteiger charge is -2.36. The van der Waals surface area contributed by atoms with E-state index in [1.807, 2.05) is 66.1 Å². The summed E-state index contributed by atoms with van der Waals surface area (Å²) >= 11 is 5.75. The first-order valence-electron chi connectivity index (χ1n) is 14.1. The molecule has 0 radical (unpaired) electrons. The molecule has 1 saturated heterocycles. The lowest BCUT2D eigenvalue weighted by atomic mass is 10.1. The average molecular weight is 596 g/mol. The number of ether oxygens (including phenoxy) is 1. The van der Waals surface area contributed by atoms with Gasteiger partial charge < -0.3 is 19.9 Å². The van der Waals surface area contributed by atoms with E-state index in [-0.39, 0.29) is 5.56 Å². The van der Waals surface area contributed by atoms with Gasteiger partial charge in [-0.1, -0.05) is 48.0 Å². The molecule has 0 spiro atoms. The highest BCUT2D eigenvalue weighted by atomic mass is 32.1. The number of hydrogen-bond acceptors (Lipinski definition) is 6. The molecule has 1 fully saturated rings. The second kappa shape index (κ2) is 11.8. The number of para-hydroxylation sites is 1. The fourth-order valence-electron chi connectivity index (χ4n) is 5.25. The predicted molar refractivity (Wildman–Crippen MR) is 173 cm³/mol. The molecule has 0 unspecified atom stereocenters. The molecule has 0 bridgehead atoms. The van der Waals surface area contributed by atoms with Gasteiger partial charge in [0.25, 0.3) is 5.56 Å². The molecule has 1 aliphatic heterocycles. The number of anilines is 2. The molecule has 43 heavy (non-hydrogen) atoms. The minimum atomic E-state index is -0.398. The van der Waals surface area contributed by atoms with E-state index in [4.69, 9.17) is 21.9 Å². The molecular weight excluding hydrogens is 562 g/mol. The van der Waals surface area contributed by atoms with Crippen molar-refractivity contribution < 1.29 is 4.74 Å². The number of benzene rings is 3. The highest BCUT2D eigenvalue weighted by molar-refractivity contribution is 7.80. The van der Waals surface area contributed by atoms with Crippen molar-refractivity contribution >= 4 is 40.1 Å². The normalized spacial score (nSPS) is 13.4. The van der Waals surface area contributed by atoms with E-state index in [9.17, 15) is 9.59 Å². The Labute approximate surface area is 254 Å². The Morgan fingerprint density at radius 1 is 0.860 bits per heavy atom. The number of imidazole rings is 1. The largest absolute Gasteiger partial charge is 0.457 e. The van der Waals surface area contributed by atoms with Gasteiger partial charge in [-0.05, 0) is 61.1 Å². The van der Waals surface area contributed by atoms with Crippen molar-refractivity contribution in [3.05, 3.63) is 111 Å². The summed E-state index contributed by atoms with van der Waals surface area (Å²) in [6.07, 6.45) is 0. The fourth-order valence-corrected chi connectivity index (χ4v) is 5.55. The van der Waals surface area contributed by atoms with E-state index < -0.39 is 5.69 Å². The number of aromatic nitrogens is 4. The molecule has 0 aliphatic carbocycles. The van der Waals surface area contributed by atoms with Crippen LogP contribution in [0.2, 0.25) is 0 Å². The molecule has 1 aliphatic rings. The SMILES string of the molecule is Cc1ccc(Cn2c(N3CCN(C(=S)Nc4ccc(Oc5ccccc5)cc4)CC3)nc3c2c(=O)n(C)c(=O)n3C)cc1. The van der Waals surface area contributed by atoms with Crippen LogP contribution in [0.4, 0.5) is 11.6 Å². The topological polar surface area (TPSA) is 89.6 Å². The zero-order valence-corrected chi connectivity index (χ0v) is 25.2. The smallest absolute Gasteiger partial charge is 0.332 e. The van der Waals surface area contributed by atoms with Crippen LogP contribution >= 0.6 is 12.2 Å². The minimum Gasteiger partial charge on any atom is -0.457 e. The minimum absolute atomic E-state index is 0.354. The van der Waals surface area contributed by atoms with Gasteiger partial charge in [-0.15, -0.1) is 0 Å². The van der Waals surface area contributed by atoms with E-state index in [0.29, 0.717) is 54.9 Å². The van der Waals surface area contributed by atoms with Crippen molar-refractivity contribution in [2.24, 2.45) is 14.1 Å². The van der Waals surface area contributed by atoms with Crippen molar-refractivity contribution in [1.82, 2.24) is 23.6 Å². The van der Waals surface area contributed by atoms with E-state index >= 15 is 0 Å². The van der Waals surface area contributed by atoms with Gasteiger partial charge in [0.05, 0.1) is 6.54 Å². The van der Waals surface area contributed by atoms with Crippen molar-refractivity contribution in [2.75, 3.05) is 36.4 Å². The molecule has 0 atom stereocenters. The van der Waals surface area contributed by atoms with E-state index in [0.717, 1.165) is 32.9 Å². The molecule has 3 aromatic carbocycles. The lowest BCUT2D eigenvalue weighted by molar-refractivity contribution is 0.386. The number of thiocarbonyl (C=S) groups is 1. The molecule has 10 nitrogen and oxygen atoms in total. The molecule has 0 saturated carbocycles. The second-order valence-electron chi connectivity index (χ2n) is 10.7. The number of piperazine rings is 1. The van der Waals surface area contributed by atoms with Gasteiger partial charge in [0, 0.05) is 46.0 Å². The molecule has 1 N–H and O–H groups in total. The Bertz CT molecular complexity index is 1890. The van der Waals surface area contributed by atoms with Gasteiger partial charge in [-0.2, -0.15) is 4.98 Å². The van der Waals surface area contributed by atoms with Gasteiger partial charge in [0.15, 0.2) is 16.3 Å². The summed E-state index contributed by atoms with van der Waals surface area (Å²) in [7, 11) is 3.16. The molecule has 2 aromatic heterocycles. The number of rotatable bonds is 6. The Kier molecular flexibility index (Phi) is 7.73. The Morgan fingerprint density at radius 2 is 1.51 bits per heavy atom. The summed E-state index contributed by atoms with van der Waals surface area (Å²) in [4.78, 5) is 35.1. The van der Waals surface area contributed by atoms with Crippen LogP contribution in [0.1, 0.15) is 11.1 Å². The van der Waals surface area contributed by atoms with Crippen LogP contribution in [0, 0.1) is 6.92 Å². The maximum atomic E-state index is 13.3. The Hall–Kier alpha value is -4.90. The van der Waals surface area contributed by atoms with Gasteiger partial charge in [-0.25, -0.2) is 4.79 Å². The number of nitrogens with zero attached hydrogens (tertiary/aromatic N) is 6. The maximum absolute atomic E-state index is 13.3. The number of aryl methyl sites for hydroxylation is 2. The van der Waals surface area contributed by atoms with Gasteiger partial charge in [-0.3, -0.25) is 18.5 Å². The molecule has 3 heterocycles. The monoisotopic (exact) mass is 595 g/mol. The summed E-state index contributed by atoms with van der Waals surface area (Å²) < 4.78 is 10.4. The van der Waals surface area contributed by atoms with Crippen LogP contribution in [0.15, 0.2) is 88.5 Å². The quantitative estimate of drug-likeness (QED) is 0.294. The maximum Gasteiger partial charge on any atom is 0.332 e. The third kappa shape index (κ3) is 5.76. The van der Waals surface area contributed by atoms with Crippen LogP contribution in [0.25, 0.3) is 11.2 Å². The summed E-state index contributed by atoms with van der Waals surface area (Å²) in [6.45, 7) is 5.15. The fraction of sp³-hybridized carbons (Fsp3) is 0.250. The van der Waals surface area contributed by atoms with E-state index in [1.54, 1.807) is 7.05 Å². The first-order valence-corrected chi connectivity index (χ1v) is 14.5. The third-order valence-electron chi connectivity index (χ3n) is 7.72. The highest BCUT2D eigenvalue weighted by Crippen LogP contribution is 2.25. The lowest BCUT2D eigenvalue weighted by Crippen LogP contribution is -2.50. The van der Waals surface area contributed by atoms with Crippen molar-refractivity contribution in [3.63, 3.8) is 0 Å². The first kappa shape index (κ1) is 28.2. The van der Waals surface area contributed by atoms with Crippen molar-refractivity contribution in [2.45, 2.75) is 13.5 Å². The van der Waals surface area contributed by atoms with E-state index in [1.165, 1.54) is 11.6 Å². The second-order valence-corrected chi connectivity index (χ2v) is 11.1. The zero-order chi connectivity index (χ0) is 30.1. The molecule has 5 aromatic rings. The molecule has 11 heteroatoms. The highest BCUT2D eigenvalue weighted by Gasteiger charge is 2.26.